The van der Waals surface area contributed by atoms with Gasteiger partial charge in [-0.3, -0.25) is 9.69 Å². The lowest BCUT2D eigenvalue weighted by Gasteiger charge is -2.31. The first-order valence-electron chi connectivity index (χ1n) is 7.54. The normalized spacial score (nSPS) is 16.9. The Labute approximate surface area is 134 Å². The Morgan fingerprint density at radius 3 is 2.50 bits per heavy atom. The van der Waals surface area contributed by atoms with Crippen molar-refractivity contribution in [3.63, 3.8) is 0 Å². The molecule has 1 aliphatic heterocycles. The number of likely N-dealkylation sites (tertiary alicyclic amines) is 1. The van der Waals surface area contributed by atoms with Crippen LogP contribution in [0.3, 0.4) is 0 Å². The van der Waals surface area contributed by atoms with Crippen LogP contribution in [0.2, 0.25) is 5.02 Å². The number of nitrogens with zero attached hydrogens (tertiary/aromatic N) is 1. The van der Waals surface area contributed by atoms with Gasteiger partial charge in [0.15, 0.2) is 0 Å². The monoisotopic (exact) mass is 330 g/mol. The molecule has 1 amide bonds. The first kappa shape index (κ1) is 17.2. The van der Waals surface area contributed by atoms with E-state index in [1.807, 2.05) is 24.3 Å². The molecule has 0 aromatic heterocycles. The molecule has 0 bridgehead atoms. The number of carbonyl (C=O) groups excluding carboxylic acids is 1. The second-order valence-corrected chi connectivity index (χ2v) is 6.18. The van der Waals surface area contributed by atoms with Gasteiger partial charge in [-0.15, -0.1) is 0 Å². The molecule has 1 aliphatic rings. The van der Waals surface area contributed by atoms with Gasteiger partial charge in [0.25, 0.3) is 6.43 Å². The molecular formula is C16H21ClF2N2O. The van der Waals surface area contributed by atoms with Crippen LogP contribution in [0.15, 0.2) is 24.3 Å². The summed E-state index contributed by atoms with van der Waals surface area (Å²) in [5.74, 6) is 0.0237. The fourth-order valence-electron chi connectivity index (χ4n) is 2.72. The summed E-state index contributed by atoms with van der Waals surface area (Å²) in [7, 11) is 0. The second kappa shape index (κ2) is 8.44. The quantitative estimate of drug-likeness (QED) is 0.867. The van der Waals surface area contributed by atoms with Crippen molar-refractivity contribution in [3.05, 3.63) is 34.9 Å². The first-order valence-corrected chi connectivity index (χ1v) is 7.92. The third-order valence-electron chi connectivity index (χ3n) is 3.95. The van der Waals surface area contributed by atoms with Crippen molar-refractivity contribution in [1.82, 2.24) is 10.2 Å². The minimum Gasteiger partial charge on any atom is -0.350 e. The van der Waals surface area contributed by atoms with E-state index >= 15 is 0 Å². The molecule has 1 fully saturated rings. The summed E-state index contributed by atoms with van der Waals surface area (Å²) in [4.78, 5) is 13.9. The highest BCUT2D eigenvalue weighted by atomic mass is 35.5. The zero-order valence-electron chi connectivity index (χ0n) is 12.4. The number of halogens is 3. The third kappa shape index (κ3) is 5.89. The minimum atomic E-state index is -2.48. The van der Waals surface area contributed by atoms with Gasteiger partial charge in [0.2, 0.25) is 5.91 Å². The Balaban J connectivity index is 1.69. The maximum Gasteiger partial charge on any atom is 0.255 e. The lowest BCUT2D eigenvalue weighted by atomic mass is 9.93. The molecule has 0 spiro atoms. The van der Waals surface area contributed by atoms with Crippen LogP contribution in [0.25, 0.3) is 0 Å². The molecule has 122 valence electrons. The number of amides is 1. The highest BCUT2D eigenvalue weighted by Gasteiger charge is 2.21. The third-order valence-corrected chi connectivity index (χ3v) is 4.21. The number of benzene rings is 1. The van der Waals surface area contributed by atoms with Crippen molar-refractivity contribution in [2.45, 2.75) is 32.2 Å². The molecule has 1 saturated heterocycles. The van der Waals surface area contributed by atoms with Crippen LogP contribution in [0.1, 0.15) is 24.8 Å². The number of nitrogens with one attached hydrogen (secondary N) is 1. The zero-order chi connectivity index (χ0) is 15.9. The number of hydrogen-bond acceptors (Lipinski definition) is 2. The predicted molar refractivity (Wildman–Crippen MR) is 83.1 cm³/mol. The highest BCUT2D eigenvalue weighted by molar-refractivity contribution is 6.30. The van der Waals surface area contributed by atoms with Crippen LogP contribution in [0.5, 0.6) is 0 Å². The number of alkyl halides is 2. The predicted octanol–water partition coefficient (Wildman–Crippen LogP) is 3.32. The summed E-state index contributed by atoms with van der Waals surface area (Å²) >= 11 is 5.87. The van der Waals surface area contributed by atoms with Crippen molar-refractivity contribution in [3.8, 4) is 0 Å². The Morgan fingerprint density at radius 2 is 1.91 bits per heavy atom. The molecule has 22 heavy (non-hydrogen) atoms. The molecule has 1 aromatic rings. The van der Waals surface area contributed by atoms with Gasteiger partial charge in [-0.1, -0.05) is 23.7 Å². The second-order valence-electron chi connectivity index (χ2n) is 5.75. The molecule has 3 nitrogen and oxygen atoms in total. The number of rotatable bonds is 6. The van der Waals surface area contributed by atoms with E-state index in [4.69, 9.17) is 11.6 Å². The van der Waals surface area contributed by atoms with E-state index in [1.54, 1.807) is 0 Å². The molecule has 6 heteroatoms. The lowest BCUT2D eigenvalue weighted by Crippen LogP contribution is -2.36. The lowest BCUT2D eigenvalue weighted by molar-refractivity contribution is -0.123. The molecule has 1 heterocycles. The Kier molecular flexibility index (Phi) is 6.58. The van der Waals surface area contributed by atoms with Gasteiger partial charge in [-0.25, -0.2) is 8.78 Å². The van der Waals surface area contributed by atoms with E-state index in [-0.39, 0.29) is 5.91 Å². The van der Waals surface area contributed by atoms with E-state index in [1.165, 1.54) is 5.56 Å². The van der Waals surface area contributed by atoms with E-state index in [9.17, 15) is 13.6 Å². The summed E-state index contributed by atoms with van der Waals surface area (Å²) < 4.78 is 24.1. The van der Waals surface area contributed by atoms with Crippen LogP contribution in [0.4, 0.5) is 8.78 Å². The van der Waals surface area contributed by atoms with Crippen LogP contribution < -0.4 is 5.32 Å². The van der Waals surface area contributed by atoms with Crippen LogP contribution in [-0.4, -0.2) is 36.9 Å². The van der Waals surface area contributed by atoms with Gasteiger partial charge in [0, 0.05) is 18.0 Å². The Morgan fingerprint density at radius 1 is 1.27 bits per heavy atom. The highest BCUT2D eigenvalue weighted by Crippen LogP contribution is 2.22. The summed E-state index contributed by atoms with van der Waals surface area (Å²) in [6.45, 7) is 2.18. The Bertz CT molecular complexity index is 474. The van der Waals surface area contributed by atoms with E-state index in [0.717, 1.165) is 37.5 Å². The first-order chi connectivity index (χ1) is 10.5. The van der Waals surface area contributed by atoms with E-state index in [2.05, 4.69) is 10.2 Å². The number of hydrogen-bond donors (Lipinski definition) is 1. The summed E-state index contributed by atoms with van der Waals surface area (Å²) in [6.07, 6.45) is -0.280. The van der Waals surface area contributed by atoms with Crippen molar-refractivity contribution >= 4 is 17.5 Å². The average Bonchev–Trinajstić information content (AvgIpc) is 2.49. The molecule has 0 atom stereocenters. The van der Waals surface area contributed by atoms with Gasteiger partial charge in [0.1, 0.15) is 0 Å². The molecule has 0 aliphatic carbocycles. The van der Waals surface area contributed by atoms with Gasteiger partial charge >= 0.3 is 0 Å². The number of piperidine rings is 1. The largest absolute Gasteiger partial charge is 0.350 e. The Hall–Kier alpha value is -1.20. The van der Waals surface area contributed by atoms with Crippen LogP contribution in [0, 0.1) is 5.92 Å². The molecule has 2 rings (SSSR count). The molecule has 0 radical (unpaired) electrons. The fourth-order valence-corrected chi connectivity index (χ4v) is 2.85. The maximum absolute atomic E-state index is 12.0. The topological polar surface area (TPSA) is 32.3 Å². The average molecular weight is 331 g/mol. The van der Waals surface area contributed by atoms with Gasteiger partial charge < -0.3 is 5.32 Å². The summed E-state index contributed by atoms with van der Waals surface area (Å²) in [5, 5.41) is 3.00. The standard InChI is InChI=1S/C16H21ClF2N2O/c17-14-3-1-13(2-4-14)11-21-7-5-12(6-8-21)9-16(22)20-10-15(18)19/h1-4,12,15H,5-11H2,(H,20,22). The fraction of sp³-hybridized carbons (Fsp3) is 0.562. The summed E-state index contributed by atoms with van der Waals surface area (Å²) in [5.41, 5.74) is 1.22. The molecule has 0 saturated carbocycles. The van der Waals surface area contributed by atoms with Crippen LogP contribution in [-0.2, 0) is 11.3 Å². The number of carbonyl (C=O) groups is 1. The van der Waals surface area contributed by atoms with Gasteiger partial charge in [0.05, 0.1) is 6.54 Å². The van der Waals surface area contributed by atoms with Crippen LogP contribution >= 0.6 is 11.6 Å². The minimum absolute atomic E-state index is 0.267. The van der Waals surface area contributed by atoms with Crippen molar-refractivity contribution in [1.29, 1.82) is 0 Å². The SMILES string of the molecule is O=C(CC1CCN(Cc2ccc(Cl)cc2)CC1)NCC(F)F. The molecule has 1 N–H and O–H groups in total. The van der Waals surface area contributed by atoms with Crippen molar-refractivity contribution < 1.29 is 13.6 Å². The molecule has 1 aromatic carbocycles. The van der Waals surface area contributed by atoms with E-state index < -0.39 is 13.0 Å². The van der Waals surface area contributed by atoms with E-state index in [0.29, 0.717) is 12.3 Å². The van der Waals surface area contributed by atoms with Gasteiger partial charge in [-0.2, -0.15) is 0 Å². The summed E-state index contributed by atoms with van der Waals surface area (Å²) in [6, 6.07) is 7.81. The van der Waals surface area contributed by atoms with Crippen molar-refractivity contribution in [2.75, 3.05) is 19.6 Å². The zero-order valence-corrected chi connectivity index (χ0v) is 13.2. The molecule has 0 unspecified atom stereocenters. The molecular weight excluding hydrogens is 310 g/mol. The maximum atomic E-state index is 12.0. The van der Waals surface area contributed by atoms with Gasteiger partial charge in [-0.05, 0) is 49.5 Å². The van der Waals surface area contributed by atoms with Crippen molar-refractivity contribution in [2.24, 2.45) is 5.92 Å². The smallest absolute Gasteiger partial charge is 0.255 e.